The van der Waals surface area contributed by atoms with Crippen molar-refractivity contribution in [1.82, 2.24) is 38.6 Å². The highest BCUT2D eigenvalue weighted by Crippen LogP contribution is 2.40. The van der Waals surface area contributed by atoms with Crippen molar-refractivity contribution in [3.63, 3.8) is 0 Å². The molecule has 2 unspecified atom stereocenters. The van der Waals surface area contributed by atoms with Gasteiger partial charge in [0.2, 0.25) is 0 Å². The van der Waals surface area contributed by atoms with Crippen molar-refractivity contribution in [2.75, 3.05) is 13.7 Å². The van der Waals surface area contributed by atoms with Gasteiger partial charge < -0.3 is 24.5 Å². The predicted molar refractivity (Wildman–Crippen MR) is 171 cm³/mol. The molecule has 3 atom stereocenters. The van der Waals surface area contributed by atoms with E-state index in [-0.39, 0.29) is 18.0 Å². The zero-order chi connectivity index (χ0) is 30.6. The fourth-order valence-electron chi connectivity index (χ4n) is 7.65. The standard InChI is InChI=1S/C34H35N9O2/c1-18-38-39-29-15-20(10-11-41(18)29)24-8-6-21-13-27(42(32(21)36-24)16-19-4-5-19)33-37-25-12-23(14-28(45-3)31(25)40(33)2)34(44)43-17-22-7-9-26(43)30(22)35/h6,8,10-15,19,22,26,30H,4-5,7,9,16-17,35H2,1-3H3/t22?,26?,30-/m1/s1. The lowest BCUT2D eigenvalue weighted by Gasteiger charge is -2.27. The highest BCUT2D eigenvalue weighted by Gasteiger charge is 2.47. The monoisotopic (exact) mass is 601 g/mol. The van der Waals surface area contributed by atoms with Crippen molar-refractivity contribution in [3.8, 4) is 28.5 Å². The number of hydrogen-bond donors (Lipinski definition) is 1. The van der Waals surface area contributed by atoms with Gasteiger partial charge in [0.25, 0.3) is 5.91 Å². The van der Waals surface area contributed by atoms with E-state index in [0.29, 0.717) is 23.1 Å². The van der Waals surface area contributed by atoms with Crippen LogP contribution in [0.3, 0.4) is 0 Å². The van der Waals surface area contributed by atoms with E-state index in [9.17, 15) is 4.79 Å². The molecular formula is C34H35N9O2. The van der Waals surface area contributed by atoms with Crippen molar-refractivity contribution in [1.29, 1.82) is 0 Å². The van der Waals surface area contributed by atoms with Gasteiger partial charge in [0.05, 0.1) is 24.0 Å². The third kappa shape index (κ3) is 4.03. The number of nitrogens with two attached hydrogens (primary N) is 1. The number of hydrogen-bond acceptors (Lipinski definition) is 7. The normalized spacial score (nSPS) is 21.2. The van der Waals surface area contributed by atoms with E-state index in [0.717, 1.165) is 82.2 Å². The van der Waals surface area contributed by atoms with Crippen LogP contribution in [0, 0.1) is 18.8 Å². The molecule has 45 heavy (non-hydrogen) atoms. The van der Waals surface area contributed by atoms with Crippen LogP contribution in [0.2, 0.25) is 0 Å². The molecule has 2 saturated carbocycles. The van der Waals surface area contributed by atoms with Gasteiger partial charge in [-0.05, 0) is 86.9 Å². The molecule has 1 aromatic carbocycles. The minimum Gasteiger partial charge on any atom is -0.494 e. The number of carbonyl (C=O) groups excluding carboxylic acids is 1. The zero-order valence-corrected chi connectivity index (χ0v) is 25.6. The maximum atomic E-state index is 13.7. The Balaban J connectivity index is 1.15. The van der Waals surface area contributed by atoms with Crippen molar-refractivity contribution in [3.05, 3.63) is 60.0 Å². The molecule has 3 aliphatic rings. The van der Waals surface area contributed by atoms with Crippen molar-refractivity contribution >= 4 is 33.6 Å². The number of likely N-dealkylation sites (tertiary alicyclic amines) is 1. The number of benzene rings is 1. The van der Waals surface area contributed by atoms with Crippen LogP contribution in [-0.2, 0) is 13.6 Å². The molecule has 0 radical (unpaired) electrons. The Bertz CT molecular complexity index is 2170. The fourth-order valence-corrected chi connectivity index (χ4v) is 7.65. The van der Waals surface area contributed by atoms with Crippen LogP contribution in [0.4, 0.5) is 0 Å². The molecule has 6 heterocycles. The second-order valence-corrected chi connectivity index (χ2v) is 13.1. The first kappa shape index (κ1) is 26.6. The van der Waals surface area contributed by atoms with Crippen molar-refractivity contribution in [2.24, 2.45) is 24.6 Å². The van der Waals surface area contributed by atoms with Crippen LogP contribution in [0.15, 0.2) is 48.7 Å². The average molecular weight is 602 g/mol. The summed E-state index contributed by atoms with van der Waals surface area (Å²) in [5.41, 5.74) is 13.2. The Hall–Kier alpha value is -4.77. The van der Waals surface area contributed by atoms with Gasteiger partial charge in [0.15, 0.2) is 11.5 Å². The molecule has 2 bridgehead atoms. The molecule has 2 aliphatic carbocycles. The first-order valence-electron chi connectivity index (χ1n) is 15.8. The molecule has 0 spiro atoms. The minimum absolute atomic E-state index is 0.00380. The van der Waals surface area contributed by atoms with Crippen LogP contribution < -0.4 is 10.5 Å². The Morgan fingerprint density at radius 3 is 2.67 bits per heavy atom. The average Bonchev–Trinajstić information content (AvgIpc) is 3.26. The smallest absolute Gasteiger partial charge is 0.254 e. The molecule has 3 fully saturated rings. The van der Waals surface area contributed by atoms with Gasteiger partial charge >= 0.3 is 0 Å². The number of nitrogens with zero attached hydrogens (tertiary/aromatic N) is 8. The number of aryl methyl sites for hydroxylation is 2. The first-order valence-corrected chi connectivity index (χ1v) is 15.8. The Morgan fingerprint density at radius 2 is 1.91 bits per heavy atom. The Morgan fingerprint density at radius 1 is 1.04 bits per heavy atom. The lowest BCUT2D eigenvalue weighted by molar-refractivity contribution is 0.0700. The summed E-state index contributed by atoms with van der Waals surface area (Å²) in [6.45, 7) is 3.54. The number of rotatable bonds is 6. The summed E-state index contributed by atoms with van der Waals surface area (Å²) >= 11 is 0. The quantitative estimate of drug-likeness (QED) is 0.296. The molecule has 11 heteroatoms. The molecule has 2 N–H and O–H groups in total. The predicted octanol–water partition coefficient (Wildman–Crippen LogP) is 4.59. The van der Waals surface area contributed by atoms with Gasteiger partial charge in [-0.3, -0.25) is 9.20 Å². The molecule has 11 nitrogen and oxygen atoms in total. The summed E-state index contributed by atoms with van der Waals surface area (Å²) in [6.07, 6.45) is 6.50. The third-order valence-electron chi connectivity index (χ3n) is 10.3. The number of imidazole rings is 1. The Labute approximate surface area is 259 Å². The van der Waals surface area contributed by atoms with Gasteiger partial charge in [0.1, 0.15) is 22.7 Å². The van der Waals surface area contributed by atoms with Gasteiger partial charge in [-0.2, -0.15) is 0 Å². The van der Waals surface area contributed by atoms with E-state index < -0.39 is 0 Å². The van der Waals surface area contributed by atoms with Crippen molar-refractivity contribution in [2.45, 2.75) is 51.2 Å². The second-order valence-electron chi connectivity index (χ2n) is 13.1. The molecule has 5 aromatic heterocycles. The summed E-state index contributed by atoms with van der Waals surface area (Å²) in [4.78, 5) is 26.0. The summed E-state index contributed by atoms with van der Waals surface area (Å²) in [5.74, 6) is 3.32. The molecule has 1 amide bonds. The molecular weight excluding hydrogens is 566 g/mol. The second kappa shape index (κ2) is 9.61. The van der Waals surface area contributed by atoms with Crippen LogP contribution in [-0.4, -0.2) is 70.2 Å². The molecule has 1 saturated heterocycles. The molecule has 1 aliphatic heterocycles. The molecule has 228 valence electrons. The number of methoxy groups -OCH3 is 1. The van der Waals surface area contributed by atoms with E-state index in [1.165, 1.54) is 12.8 Å². The van der Waals surface area contributed by atoms with Crippen molar-refractivity contribution < 1.29 is 9.53 Å². The number of amides is 1. The third-order valence-corrected chi connectivity index (χ3v) is 10.3. The van der Waals surface area contributed by atoms with Crippen LogP contribution in [0.25, 0.3) is 50.5 Å². The highest BCUT2D eigenvalue weighted by molar-refractivity contribution is 6.00. The van der Waals surface area contributed by atoms with E-state index >= 15 is 0 Å². The molecule has 6 aromatic rings. The van der Waals surface area contributed by atoms with Gasteiger partial charge in [-0.15, -0.1) is 10.2 Å². The maximum absolute atomic E-state index is 13.7. The minimum atomic E-state index is 0.00380. The number of fused-ring (bicyclic) bond motifs is 5. The SMILES string of the molecule is COc1cc(C(=O)N2CC3CCC2[C@@H]3N)cc2nc(-c3cc4ccc(-c5ccn6c(C)nnc6c5)nc4n3CC3CC3)n(C)c12. The first-order chi connectivity index (χ1) is 21.9. The summed E-state index contributed by atoms with van der Waals surface area (Å²) < 4.78 is 12.2. The summed E-state index contributed by atoms with van der Waals surface area (Å²) in [7, 11) is 3.66. The van der Waals surface area contributed by atoms with Crippen LogP contribution >= 0.6 is 0 Å². The van der Waals surface area contributed by atoms with Gasteiger partial charge in [-0.25, -0.2) is 9.97 Å². The van der Waals surface area contributed by atoms with Gasteiger partial charge in [0, 0.05) is 54.9 Å². The van der Waals surface area contributed by atoms with E-state index in [1.807, 2.05) is 47.7 Å². The number of aromatic nitrogens is 7. The number of ether oxygens (including phenoxy) is 1. The van der Waals surface area contributed by atoms with Gasteiger partial charge in [-0.1, -0.05) is 0 Å². The number of carbonyl (C=O) groups is 1. The van der Waals surface area contributed by atoms with E-state index in [2.05, 4.69) is 43.6 Å². The van der Waals surface area contributed by atoms with Crippen LogP contribution in [0.5, 0.6) is 5.75 Å². The lowest BCUT2D eigenvalue weighted by atomic mass is 10.1. The zero-order valence-electron chi connectivity index (χ0n) is 25.6. The number of piperidine rings is 1. The fraction of sp³-hybridized carbons (Fsp3) is 0.382. The molecule has 9 rings (SSSR count). The summed E-state index contributed by atoms with van der Waals surface area (Å²) in [6, 6.07) is 14.4. The van der Waals surface area contributed by atoms with Crippen LogP contribution in [0.1, 0.15) is 41.9 Å². The largest absolute Gasteiger partial charge is 0.494 e. The van der Waals surface area contributed by atoms with E-state index in [4.69, 9.17) is 20.4 Å². The topological polar surface area (TPSA) is 121 Å². The maximum Gasteiger partial charge on any atom is 0.254 e. The highest BCUT2D eigenvalue weighted by atomic mass is 16.5. The lowest BCUT2D eigenvalue weighted by Crippen LogP contribution is -2.41. The van der Waals surface area contributed by atoms with E-state index in [1.54, 1.807) is 7.11 Å². The number of pyridine rings is 2. The summed E-state index contributed by atoms with van der Waals surface area (Å²) in [5, 5.41) is 9.56. The Kier molecular flexibility index (Phi) is 5.69.